The molecule has 0 spiro atoms. The molecule has 0 radical (unpaired) electrons. The SMILES string of the molecule is CC.CC(COc1cccc(C#N)n1)CS(=O)(=O)/N=C/N(C)C. The van der Waals surface area contributed by atoms with Crippen LogP contribution in [0.5, 0.6) is 5.88 Å². The van der Waals surface area contributed by atoms with Crippen molar-refractivity contribution in [3.05, 3.63) is 23.9 Å². The molecule has 0 aromatic carbocycles. The molecule has 0 N–H and O–H groups in total. The van der Waals surface area contributed by atoms with E-state index in [-0.39, 0.29) is 24.0 Å². The Kier molecular flexibility index (Phi) is 9.58. The van der Waals surface area contributed by atoms with E-state index >= 15 is 0 Å². The van der Waals surface area contributed by atoms with Gasteiger partial charge in [0.05, 0.1) is 12.4 Å². The third-order valence-electron chi connectivity index (χ3n) is 2.29. The first-order valence-corrected chi connectivity index (χ1v) is 8.88. The number of ether oxygens (including phenoxy) is 1. The second-order valence-electron chi connectivity index (χ2n) is 4.82. The Balaban J connectivity index is 0.00000232. The Bertz CT molecular complexity index is 636. The van der Waals surface area contributed by atoms with Crippen molar-refractivity contribution in [1.29, 1.82) is 5.26 Å². The number of sulfonamides is 1. The number of rotatable bonds is 7. The number of nitriles is 1. The predicted octanol–water partition coefficient (Wildman–Crippen LogP) is 1.91. The molecule has 1 heterocycles. The number of nitrogens with zero attached hydrogens (tertiary/aromatic N) is 4. The van der Waals surface area contributed by atoms with Crippen LogP contribution in [0.2, 0.25) is 0 Å². The number of aromatic nitrogens is 1. The summed E-state index contributed by atoms with van der Waals surface area (Å²) < 4.78 is 32.4. The minimum atomic E-state index is -3.52. The quantitative estimate of drug-likeness (QED) is 0.556. The van der Waals surface area contributed by atoms with Gasteiger partial charge in [0.25, 0.3) is 10.0 Å². The molecule has 128 valence electrons. The lowest BCUT2D eigenvalue weighted by Gasteiger charge is -2.11. The van der Waals surface area contributed by atoms with E-state index in [4.69, 9.17) is 10.00 Å². The summed E-state index contributed by atoms with van der Waals surface area (Å²) in [5, 5.41) is 8.73. The van der Waals surface area contributed by atoms with Crippen molar-refractivity contribution >= 4 is 16.4 Å². The maximum atomic E-state index is 11.7. The van der Waals surface area contributed by atoms with Crippen LogP contribution in [0.3, 0.4) is 0 Å². The Labute approximate surface area is 138 Å². The van der Waals surface area contributed by atoms with Gasteiger partial charge in [0.2, 0.25) is 5.88 Å². The monoisotopic (exact) mass is 340 g/mol. The zero-order valence-electron chi connectivity index (χ0n) is 14.2. The molecular formula is C15H24N4O3S. The van der Waals surface area contributed by atoms with Gasteiger partial charge in [0, 0.05) is 26.1 Å². The Hall–Kier alpha value is -2.14. The standard InChI is InChI=1S/C13H18N4O3S.C2H6/c1-11(9-21(18,19)15-10-17(2)3)8-20-13-6-4-5-12(7-14)16-13;1-2/h4-6,10-11H,8-9H2,1-3H3;1-2H3/b15-10+;. The van der Waals surface area contributed by atoms with Crippen LogP contribution in [0.1, 0.15) is 26.5 Å². The molecular weight excluding hydrogens is 316 g/mol. The topological polar surface area (TPSA) is 95.6 Å². The van der Waals surface area contributed by atoms with Gasteiger partial charge in [0.15, 0.2) is 0 Å². The van der Waals surface area contributed by atoms with E-state index in [0.717, 1.165) is 0 Å². The number of pyridine rings is 1. The van der Waals surface area contributed by atoms with Crippen molar-refractivity contribution in [1.82, 2.24) is 9.88 Å². The van der Waals surface area contributed by atoms with Gasteiger partial charge in [-0.1, -0.05) is 26.8 Å². The lowest BCUT2D eigenvalue weighted by Crippen LogP contribution is -2.20. The summed E-state index contributed by atoms with van der Waals surface area (Å²) in [6, 6.07) is 6.75. The summed E-state index contributed by atoms with van der Waals surface area (Å²) in [7, 11) is -0.130. The van der Waals surface area contributed by atoms with Crippen LogP contribution in [-0.4, -0.2) is 51.1 Å². The van der Waals surface area contributed by atoms with E-state index in [2.05, 4.69) is 9.38 Å². The van der Waals surface area contributed by atoms with Gasteiger partial charge in [-0.25, -0.2) is 13.4 Å². The van der Waals surface area contributed by atoms with Crippen LogP contribution < -0.4 is 4.74 Å². The highest BCUT2D eigenvalue weighted by molar-refractivity contribution is 7.90. The molecule has 1 unspecified atom stereocenters. The highest BCUT2D eigenvalue weighted by Gasteiger charge is 2.15. The first-order valence-electron chi connectivity index (χ1n) is 7.27. The molecule has 8 heteroatoms. The minimum Gasteiger partial charge on any atom is -0.477 e. The predicted molar refractivity (Wildman–Crippen MR) is 90.9 cm³/mol. The minimum absolute atomic E-state index is 0.116. The molecule has 0 bridgehead atoms. The molecule has 1 rings (SSSR count). The summed E-state index contributed by atoms with van der Waals surface area (Å²) >= 11 is 0. The van der Waals surface area contributed by atoms with Gasteiger partial charge in [-0.3, -0.25) is 0 Å². The summed E-state index contributed by atoms with van der Waals surface area (Å²) in [6.45, 7) is 5.93. The molecule has 7 nitrogen and oxygen atoms in total. The largest absolute Gasteiger partial charge is 0.477 e. The third kappa shape index (κ3) is 9.47. The van der Waals surface area contributed by atoms with Crippen LogP contribution in [0.25, 0.3) is 0 Å². The molecule has 1 aromatic rings. The van der Waals surface area contributed by atoms with Crippen molar-refractivity contribution in [2.24, 2.45) is 10.3 Å². The molecule has 0 saturated heterocycles. The van der Waals surface area contributed by atoms with Gasteiger partial charge >= 0.3 is 0 Å². The zero-order chi connectivity index (χ0) is 17.9. The molecule has 0 aliphatic heterocycles. The van der Waals surface area contributed by atoms with Gasteiger partial charge in [0.1, 0.15) is 18.1 Å². The van der Waals surface area contributed by atoms with Crippen molar-refractivity contribution in [2.45, 2.75) is 20.8 Å². The maximum absolute atomic E-state index is 11.7. The molecule has 0 saturated carbocycles. The highest BCUT2D eigenvalue weighted by Crippen LogP contribution is 2.10. The van der Waals surface area contributed by atoms with Crippen LogP contribution in [0, 0.1) is 17.2 Å². The Morgan fingerprint density at radius 1 is 1.43 bits per heavy atom. The normalized spacial score (nSPS) is 12.0. The Morgan fingerprint density at radius 2 is 2.09 bits per heavy atom. The average molecular weight is 340 g/mol. The first-order chi connectivity index (χ1) is 10.8. The fourth-order valence-electron chi connectivity index (χ4n) is 1.40. The first kappa shape index (κ1) is 20.9. The van der Waals surface area contributed by atoms with Gasteiger partial charge in [-0.2, -0.15) is 9.66 Å². The van der Waals surface area contributed by atoms with Crippen molar-refractivity contribution < 1.29 is 13.2 Å². The van der Waals surface area contributed by atoms with Gasteiger partial charge < -0.3 is 9.64 Å². The molecule has 23 heavy (non-hydrogen) atoms. The highest BCUT2D eigenvalue weighted by atomic mass is 32.2. The van der Waals surface area contributed by atoms with E-state index < -0.39 is 10.0 Å². The van der Waals surface area contributed by atoms with Crippen LogP contribution in [-0.2, 0) is 10.0 Å². The second-order valence-corrected chi connectivity index (χ2v) is 6.53. The van der Waals surface area contributed by atoms with Crippen LogP contribution >= 0.6 is 0 Å². The fraction of sp³-hybridized carbons (Fsp3) is 0.533. The second kappa shape index (κ2) is 10.6. The molecule has 0 amide bonds. The zero-order valence-corrected chi connectivity index (χ0v) is 15.0. The van der Waals surface area contributed by atoms with E-state index in [0.29, 0.717) is 5.88 Å². The van der Waals surface area contributed by atoms with E-state index in [1.807, 2.05) is 19.9 Å². The fourth-order valence-corrected chi connectivity index (χ4v) is 2.64. The summed E-state index contributed by atoms with van der Waals surface area (Å²) in [5.41, 5.74) is 0.253. The number of hydrogen-bond donors (Lipinski definition) is 0. The van der Waals surface area contributed by atoms with Gasteiger partial charge in [-0.05, 0) is 6.07 Å². The average Bonchev–Trinajstić information content (AvgIpc) is 2.53. The number of hydrogen-bond acceptors (Lipinski definition) is 5. The smallest absolute Gasteiger partial charge is 0.254 e. The molecule has 0 aliphatic rings. The molecule has 1 atom stereocenters. The summed E-state index contributed by atoms with van der Waals surface area (Å²) in [5.74, 6) is -0.0631. The van der Waals surface area contributed by atoms with E-state index in [9.17, 15) is 8.42 Å². The maximum Gasteiger partial charge on any atom is 0.254 e. The van der Waals surface area contributed by atoms with Crippen molar-refractivity contribution in [2.75, 3.05) is 26.5 Å². The summed E-state index contributed by atoms with van der Waals surface area (Å²) in [6.07, 6.45) is 1.25. The molecule has 1 aromatic heterocycles. The summed E-state index contributed by atoms with van der Waals surface area (Å²) in [4.78, 5) is 5.50. The molecule has 0 aliphatic carbocycles. The van der Waals surface area contributed by atoms with Crippen LogP contribution in [0.15, 0.2) is 22.6 Å². The lowest BCUT2D eigenvalue weighted by molar-refractivity contribution is 0.262. The lowest BCUT2D eigenvalue weighted by atomic mass is 10.2. The van der Waals surface area contributed by atoms with Gasteiger partial charge in [-0.15, -0.1) is 0 Å². The Morgan fingerprint density at radius 3 is 2.65 bits per heavy atom. The van der Waals surface area contributed by atoms with Crippen LogP contribution in [0.4, 0.5) is 0 Å². The van der Waals surface area contributed by atoms with E-state index in [1.165, 1.54) is 6.34 Å². The van der Waals surface area contributed by atoms with E-state index in [1.54, 1.807) is 44.1 Å². The third-order valence-corrected chi connectivity index (χ3v) is 3.69. The molecule has 0 fully saturated rings. The van der Waals surface area contributed by atoms with Crippen molar-refractivity contribution in [3.63, 3.8) is 0 Å². The van der Waals surface area contributed by atoms with Crippen molar-refractivity contribution in [3.8, 4) is 11.9 Å².